The number of thiophene rings is 1. The fourth-order valence-corrected chi connectivity index (χ4v) is 3.96. The van der Waals surface area contributed by atoms with Crippen LogP contribution in [0.3, 0.4) is 0 Å². The lowest BCUT2D eigenvalue weighted by Gasteiger charge is -2.12. The lowest BCUT2D eigenvalue weighted by Crippen LogP contribution is -2.34. The first-order chi connectivity index (χ1) is 18.0. The van der Waals surface area contributed by atoms with E-state index in [1.54, 1.807) is 31.4 Å². The molecule has 0 fully saturated rings. The van der Waals surface area contributed by atoms with Crippen molar-refractivity contribution in [3.05, 3.63) is 82.0 Å². The summed E-state index contributed by atoms with van der Waals surface area (Å²) < 4.78 is 21.0. The van der Waals surface area contributed by atoms with E-state index in [9.17, 15) is 9.59 Å². The van der Waals surface area contributed by atoms with Crippen molar-refractivity contribution in [1.82, 2.24) is 20.8 Å². The Kier molecular flexibility index (Phi) is 8.16. The van der Waals surface area contributed by atoms with Crippen LogP contribution in [-0.2, 0) is 11.3 Å². The smallest absolute Gasteiger partial charge is 0.268 e. The summed E-state index contributed by atoms with van der Waals surface area (Å²) in [5.74, 6) is 1.09. The van der Waals surface area contributed by atoms with Crippen LogP contribution in [0.1, 0.15) is 21.1 Å². The molecule has 0 unspecified atom stereocenters. The van der Waals surface area contributed by atoms with E-state index >= 15 is 0 Å². The molecule has 2 amide bonds. The Hall–Kier alpha value is -4.64. The molecule has 0 saturated carbocycles. The summed E-state index contributed by atoms with van der Waals surface area (Å²) in [6, 6.07) is 15.6. The number of nitrogens with one attached hydrogen (secondary N) is 2. The van der Waals surface area contributed by atoms with Gasteiger partial charge >= 0.3 is 0 Å². The Morgan fingerprint density at radius 3 is 2.57 bits per heavy atom. The van der Waals surface area contributed by atoms with Crippen molar-refractivity contribution in [3.8, 4) is 28.6 Å². The Balaban J connectivity index is 1.48. The van der Waals surface area contributed by atoms with Gasteiger partial charge in [0.25, 0.3) is 11.8 Å². The van der Waals surface area contributed by atoms with Crippen LogP contribution in [0.5, 0.6) is 17.2 Å². The standard InChI is InChI=1S/C26H24N4O6S/c1-33-18-7-4-6-16(12-18)24-29-23(36-30-24)15-27-26(32)20(14-19-8-5-11-37-19)28-25(31)17-9-10-21(34-2)22(13-17)35-3/h4-14H,15H2,1-3H3,(H,27,32)(H,28,31)/b20-14-. The summed E-state index contributed by atoms with van der Waals surface area (Å²) in [4.78, 5) is 31.1. The summed E-state index contributed by atoms with van der Waals surface area (Å²) >= 11 is 1.43. The molecule has 2 N–H and O–H groups in total. The van der Waals surface area contributed by atoms with Gasteiger partial charge in [0.1, 0.15) is 11.4 Å². The van der Waals surface area contributed by atoms with Crippen LogP contribution in [0.2, 0.25) is 0 Å². The fraction of sp³-hybridized carbons (Fsp3) is 0.154. The number of carbonyl (C=O) groups is 2. The second-order valence-corrected chi connectivity index (χ2v) is 8.50. The number of hydrogen-bond acceptors (Lipinski definition) is 9. The van der Waals surface area contributed by atoms with Gasteiger partial charge in [-0.2, -0.15) is 4.98 Å². The highest BCUT2D eigenvalue weighted by Crippen LogP contribution is 2.27. The van der Waals surface area contributed by atoms with Crippen LogP contribution in [0, 0.1) is 0 Å². The number of carbonyl (C=O) groups excluding carboxylic acids is 2. The molecule has 4 rings (SSSR count). The van der Waals surface area contributed by atoms with Gasteiger partial charge in [0.2, 0.25) is 11.7 Å². The predicted octanol–water partition coefficient (Wildman–Crippen LogP) is 3.91. The summed E-state index contributed by atoms with van der Waals surface area (Å²) in [5.41, 5.74) is 1.05. The highest BCUT2D eigenvalue weighted by Gasteiger charge is 2.18. The van der Waals surface area contributed by atoms with Gasteiger partial charge in [0.15, 0.2) is 11.5 Å². The first kappa shape index (κ1) is 25.5. The average Bonchev–Trinajstić information content (AvgIpc) is 3.63. The maximum Gasteiger partial charge on any atom is 0.268 e. The number of benzene rings is 2. The third-order valence-corrected chi connectivity index (χ3v) is 5.98. The lowest BCUT2D eigenvalue weighted by atomic mass is 10.1. The van der Waals surface area contributed by atoms with Crippen LogP contribution in [0.25, 0.3) is 17.5 Å². The first-order valence-corrected chi connectivity index (χ1v) is 11.9. The van der Waals surface area contributed by atoms with Gasteiger partial charge in [-0.1, -0.05) is 23.4 Å². The van der Waals surface area contributed by atoms with Crippen molar-refractivity contribution < 1.29 is 28.3 Å². The van der Waals surface area contributed by atoms with E-state index in [-0.39, 0.29) is 18.1 Å². The molecule has 11 heteroatoms. The molecule has 37 heavy (non-hydrogen) atoms. The lowest BCUT2D eigenvalue weighted by molar-refractivity contribution is -0.118. The van der Waals surface area contributed by atoms with Crippen molar-refractivity contribution in [3.63, 3.8) is 0 Å². The quantitative estimate of drug-likeness (QED) is 0.302. The normalized spacial score (nSPS) is 11.1. The van der Waals surface area contributed by atoms with Gasteiger partial charge < -0.3 is 29.4 Å². The van der Waals surface area contributed by atoms with Gasteiger partial charge in [0.05, 0.1) is 27.9 Å². The largest absolute Gasteiger partial charge is 0.497 e. The minimum absolute atomic E-state index is 0.0379. The predicted molar refractivity (Wildman–Crippen MR) is 137 cm³/mol. The molecule has 190 valence electrons. The highest BCUT2D eigenvalue weighted by atomic mass is 32.1. The summed E-state index contributed by atoms with van der Waals surface area (Å²) in [6.45, 7) is -0.0379. The molecule has 4 aromatic rings. The van der Waals surface area contributed by atoms with Crippen LogP contribution >= 0.6 is 11.3 Å². The minimum atomic E-state index is -0.525. The van der Waals surface area contributed by atoms with E-state index in [4.69, 9.17) is 18.7 Å². The van der Waals surface area contributed by atoms with E-state index in [1.165, 1.54) is 31.6 Å². The Morgan fingerprint density at radius 1 is 1.00 bits per heavy atom. The van der Waals surface area contributed by atoms with E-state index in [0.717, 1.165) is 4.88 Å². The third-order valence-electron chi connectivity index (χ3n) is 5.16. The van der Waals surface area contributed by atoms with Gasteiger partial charge in [-0.15, -0.1) is 11.3 Å². The first-order valence-electron chi connectivity index (χ1n) is 11.0. The molecule has 0 aliphatic heterocycles. The van der Waals surface area contributed by atoms with Crippen molar-refractivity contribution in [1.29, 1.82) is 0 Å². The SMILES string of the molecule is COc1cccc(-c2noc(CNC(=O)/C(=C/c3cccs3)NC(=O)c3ccc(OC)c(OC)c3)n2)c1. The van der Waals surface area contributed by atoms with E-state index in [2.05, 4.69) is 20.8 Å². The van der Waals surface area contributed by atoms with Crippen molar-refractivity contribution in [2.75, 3.05) is 21.3 Å². The van der Waals surface area contributed by atoms with Gasteiger partial charge in [-0.25, -0.2) is 0 Å². The van der Waals surface area contributed by atoms with Crippen LogP contribution in [-0.4, -0.2) is 43.3 Å². The molecule has 0 bridgehead atoms. The summed E-state index contributed by atoms with van der Waals surface area (Å²) in [6.07, 6.45) is 1.59. The van der Waals surface area contributed by atoms with Crippen molar-refractivity contribution >= 4 is 29.2 Å². The molecule has 2 aromatic carbocycles. The number of ether oxygens (including phenoxy) is 3. The van der Waals surface area contributed by atoms with Crippen LogP contribution in [0.4, 0.5) is 0 Å². The zero-order valence-electron chi connectivity index (χ0n) is 20.3. The highest BCUT2D eigenvalue weighted by molar-refractivity contribution is 7.10. The number of aromatic nitrogens is 2. The Bertz CT molecular complexity index is 1410. The maximum atomic E-state index is 13.1. The molecule has 0 radical (unpaired) electrons. The second-order valence-electron chi connectivity index (χ2n) is 7.52. The monoisotopic (exact) mass is 520 g/mol. The molecule has 0 atom stereocenters. The van der Waals surface area contributed by atoms with Crippen LogP contribution in [0.15, 0.2) is 70.2 Å². The molecular weight excluding hydrogens is 496 g/mol. The number of amides is 2. The molecule has 0 aliphatic rings. The maximum absolute atomic E-state index is 13.1. The molecule has 0 spiro atoms. The number of nitrogens with zero attached hydrogens (tertiary/aromatic N) is 2. The van der Waals surface area contributed by atoms with E-state index in [0.29, 0.717) is 34.2 Å². The Labute approximate surface area is 216 Å². The summed E-state index contributed by atoms with van der Waals surface area (Å²) in [5, 5.41) is 11.2. The zero-order valence-corrected chi connectivity index (χ0v) is 21.1. The second kappa shape index (κ2) is 11.9. The van der Waals surface area contributed by atoms with Crippen molar-refractivity contribution in [2.24, 2.45) is 0 Å². The zero-order chi connectivity index (χ0) is 26.2. The number of hydrogen-bond donors (Lipinski definition) is 2. The van der Waals surface area contributed by atoms with Gasteiger partial charge in [-0.3, -0.25) is 9.59 Å². The molecular formula is C26H24N4O6S. The van der Waals surface area contributed by atoms with Crippen LogP contribution < -0.4 is 24.8 Å². The average molecular weight is 521 g/mol. The van der Waals surface area contributed by atoms with Crippen molar-refractivity contribution in [2.45, 2.75) is 6.54 Å². The molecule has 2 heterocycles. The van der Waals surface area contributed by atoms with Gasteiger partial charge in [0, 0.05) is 16.0 Å². The fourth-order valence-electron chi connectivity index (χ4n) is 3.30. The summed E-state index contributed by atoms with van der Waals surface area (Å²) in [7, 11) is 4.56. The number of rotatable bonds is 10. The molecule has 2 aromatic heterocycles. The number of methoxy groups -OCH3 is 3. The molecule has 0 saturated heterocycles. The van der Waals surface area contributed by atoms with E-state index < -0.39 is 11.8 Å². The molecule has 0 aliphatic carbocycles. The minimum Gasteiger partial charge on any atom is -0.497 e. The third kappa shape index (κ3) is 6.33. The van der Waals surface area contributed by atoms with E-state index in [1.807, 2.05) is 35.7 Å². The topological polar surface area (TPSA) is 125 Å². The molecule has 10 nitrogen and oxygen atoms in total. The Morgan fingerprint density at radius 2 is 1.84 bits per heavy atom. The van der Waals surface area contributed by atoms with Gasteiger partial charge in [-0.05, 0) is 47.9 Å².